The monoisotopic (exact) mass is 882 g/mol. The lowest BCUT2D eigenvalue weighted by atomic mass is 9.43. The lowest BCUT2D eigenvalue weighted by molar-refractivity contribution is -0.199. The van der Waals surface area contributed by atoms with Crippen molar-refractivity contribution >= 4 is 42.9 Å². The van der Waals surface area contributed by atoms with Crippen molar-refractivity contribution in [3.8, 4) is 0 Å². The Bertz CT molecular complexity index is 1580. The SMILES string of the molecule is CC(C)COC(C)C(NC(=O)C(N)CCNC(=O)OC(C)(C)C)C(=O)NC(N)C(=O)NC(CCCCNC(=O)OC(C)(C)C)C(=O)NC(N)B1OC2CC3CC(C3(C)C)C2(C)O1. The van der Waals surface area contributed by atoms with Crippen molar-refractivity contribution in [1.29, 1.82) is 0 Å². The average Bonchev–Trinajstić information content (AvgIpc) is 3.51. The van der Waals surface area contributed by atoms with Gasteiger partial charge in [0.1, 0.15) is 29.4 Å². The molecule has 20 nitrogen and oxygen atoms in total. The van der Waals surface area contributed by atoms with Gasteiger partial charge in [-0.1, -0.05) is 27.7 Å². The molecule has 0 aromatic rings. The first kappa shape index (κ1) is 52.6. The summed E-state index contributed by atoms with van der Waals surface area (Å²) in [6.45, 7) is 22.8. The van der Waals surface area contributed by atoms with Crippen LogP contribution in [0.4, 0.5) is 9.59 Å². The van der Waals surface area contributed by atoms with Crippen LogP contribution in [0.2, 0.25) is 0 Å². The molecule has 354 valence electrons. The first-order valence-electron chi connectivity index (χ1n) is 21.9. The molecule has 4 fully saturated rings. The molecule has 3 saturated carbocycles. The standard InChI is InChI=1S/C41H76BN9O11/c1-22(2)21-58-23(3)29(49-31(52)25(43)16-18-47-37(57)60-39(7,8)9)33(54)50-30(44)34(55)48-26(15-13-14-17-46-36(56)59-38(4,5)6)32(53)51-35(45)42-61-28-20-24-19-27(40(24,10)11)41(28,12)62-42/h22-30,35H,13-21,43-45H2,1-12H3,(H,46,56)(H,47,57)(H,48,55)(H,49,52)(H,50,54)(H,51,53). The molecule has 0 radical (unpaired) electrons. The fourth-order valence-corrected chi connectivity index (χ4v) is 8.07. The summed E-state index contributed by atoms with van der Waals surface area (Å²) in [5, 5.41) is 15.6. The number of ether oxygens (including phenoxy) is 3. The third-order valence-electron chi connectivity index (χ3n) is 11.6. The number of nitrogens with one attached hydrogen (secondary N) is 6. The number of rotatable bonds is 21. The summed E-state index contributed by atoms with van der Waals surface area (Å²) in [6.07, 6.45) is -1.23. The van der Waals surface area contributed by atoms with Crippen LogP contribution in [0.15, 0.2) is 0 Å². The summed E-state index contributed by atoms with van der Waals surface area (Å²) < 4.78 is 29.0. The van der Waals surface area contributed by atoms with Crippen molar-refractivity contribution in [3.05, 3.63) is 0 Å². The number of hydrogen-bond acceptors (Lipinski definition) is 14. The molecular weight excluding hydrogens is 805 g/mol. The van der Waals surface area contributed by atoms with Gasteiger partial charge in [-0.25, -0.2) is 9.59 Å². The lowest BCUT2D eigenvalue weighted by Gasteiger charge is -2.64. The second-order valence-corrected chi connectivity index (χ2v) is 20.1. The van der Waals surface area contributed by atoms with E-state index in [1.54, 1.807) is 48.5 Å². The number of hydrogen-bond donors (Lipinski definition) is 9. The van der Waals surface area contributed by atoms with Crippen LogP contribution in [-0.4, -0.2) is 122 Å². The van der Waals surface area contributed by atoms with Crippen molar-refractivity contribution in [2.75, 3.05) is 19.7 Å². The zero-order valence-electron chi connectivity index (χ0n) is 38.9. The van der Waals surface area contributed by atoms with Crippen molar-refractivity contribution < 1.29 is 52.3 Å². The minimum atomic E-state index is -1.68. The van der Waals surface area contributed by atoms with Crippen LogP contribution >= 0.6 is 0 Å². The van der Waals surface area contributed by atoms with Crippen LogP contribution in [0.3, 0.4) is 0 Å². The summed E-state index contributed by atoms with van der Waals surface area (Å²) in [6, 6.07) is -4.74. The molecule has 1 aliphatic heterocycles. The van der Waals surface area contributed by atoms with E-state index in [0.29, 0.717) is 18.8 Å². The van der Waals surface area contributed by atoms with E-state index in [0.717, 1.165) is 12.8 Å². The fourth-order valence-electron chi connectivity index (χ4n) is 8.07. The number of carbonyl (C=O) groups is 6. The van der Waals surface area contributed by atoms with Gasteiger partial charge < -0.3 is 72.6 Å². The van der Waals surface area contributed by atoms with Gasteiger partial charge in [0.15, 0.2) is 6.17 Å². The molecule has 1 heterocycles. The van der Waals surface area contributed by atoms with Crippen molar-refractivity contribution in [2.45, 2.75) is 181 Å². The quantitative estimate of drug-likeness (QED) is 0.0442. The smallest absolute Gasteiger partial charge is 0.444 e. The van der Waals surface area contributed by atoms with Crippen LogP contribution in [-0.2, 0) is 42.7 Å². The van der Waals surface area contributed by atoms with Gasteiger partial charge in [0.2, 0.25) is 17.7 Å². The minimum Gasteiger partial charge on any atom is -0.444 e. The van der Waals surface area contributed by atoms with Crippen LogP contribution < -0.4 is 49.1 Å². The highest BCUT2D eigenvalue weighted by atomic mass is 16.7. The molecule has 10 unspecified atom stereocenters. The Balaban J connectivity index is 1.67. The van der Waals surface area contributed by atoms with Gasteiger partial charge in [-0.2, -0.15) is 0 Å². The van der Waals surface area contributed by atoms with Crippen LogP contribution in [0.1, 0.15) is 122 Å². The topological polar surface area (TPSA) is 299 Å². The Kier molecular flexibility index (Phi) is 18.4. The molecule has 0 aromatic carbocycles. The second-order valence-electron chi connectivity index (χ2n) is 20.1. The maximum absolute atomic E-state index is 13.8. The Hall–Kier alpha value is -3.76. The molecule has 3 aliphatic carbocycles. The highest BCUT2D eigenvalue weighted by molar-refractivity contribution is 6.47. The van der Waals surface area contributed by atoms with Crippen LogP contribution in [0.5, 0.6) is 0 Å². The average molecular weight is 882 g/mol. The minimum absolute atomic E-state index is 0.0184. The Labute approximate surface area is 367 Å². The molecule has 6 amide bonds. The zero-order chi connectivity index (χ0) is 47.0. The largest absolute Gasteiger partial charge is 0.497 e. The third kappa shape index (κ3) is 15.2. The number of unbranched alkanes of at least 4 members (excludes halogenated alkanes) is 1. The van der Waals surface area contributed by atoms with Gasteiger partial charge in [-0.05, 0) is 117 Å². The molecule has 0 aromatic heterocycles. The van der Waals surface area contributed by atoms with Crippen molar-refractivity contribution in [3.63, 3.8) is 0 Å². The summed E-state index contributed by atoms with van der Waals surface area (Å²) >= 11 is 0. The molecule has 4 rings (SSSR count). The lowest BCUT2D eigenvalue weighted by Crippen LogP contribution is -2.65. The molecule has 4 aliphatic rings. The zero-order valence-corrected chi connectivity index (χ0v) is 38.9. The van der Waals surface area contributed by atoms with Gasteiger partial charge in [0.05, 0.1) is 23.9 Å². The van der Waals surface area contributed by atoms with Crippen molar-refractivity contribution in [2.24, 2.45) is 40.4 Å². The summed E-state index contributed by atoms with van der Waals surface area (Å²) in [7, 11) is -0.929. The molecule has 2 bridgehead atoms. The van der Waals surface area contributed by atoms with E-state index < -0.39 is 96.2 Å². The Morgan fingerprint density at radius 2 is 1.34 bits per heavy atom. The van der Waals surface area contributed by atoms with Crippen molar-refractivity contribution in [1.82, 2.24) is 31.9 Å². The Morgan fingerprint density at radius 1 is 0.742 bits per heavy atom. The molecule has 1 saturated heterocycles. The summed E-state index contributed by atoms with van der Waals surface area (Å²) in [5.41, 5.74) is 16.9. The van der Waals surface area contributed by atoms with E-state index >= 15 is 0 Å². The second kappa shape index (κ2) is 21.8. The van der Waals surface area contributed by atoms with Gasteiger partial charge in [-0.3, -0.25) is 19.2 Å². The van der Waals surface area contributed by atoms with Crippen LogP contribution in [0.25, 0.3) is 0 Å². The molecular formula is C41H76BN9O11. The Morgan fingerprint density at radius 3 is 1.90 bits per heavy atom. The number of alkyl carbamates (subject to hydrolysis) is 2. The first-order valence-corrected chi connectivity index (χ1v) is 21.9. The number of carbonyl (C=O) groups excluding carboxylic acids is 6. The molecule has 0 spiro atoms. The van der Waals surface area contributed by atoms with E-state index in [1.807, 2.05) is 20.8 Å². The molecule has 12 N–H and O–H groups in total. The predicted molar refractivity (Wildman–Crippen MR) is 231 cm³/mol. The molecule has 21 heteroatoms. The third-order valence-corrected chi connectivity index (χ3v) is 11.6. The fraction of sp³-hybridized carbons (Fsp3) is 0.854. The number of nitrogens with two attached hydrogens (primary N) is 3. The van der Waals surface area contributed by atoms with Gasteiger partial charge in [0, 0.05) is 19.7 Å². The number of amides is 6. The maximum atomic E-state index is 13.8. The van der Waals surface area contributed by atoms with Gasteiger partial charge >= 0.3 is 19.3 Å². The summed E-state index contributed by atoms with van der Waals surface area (Å²) in [4.78, 5) is 78.5. The van der Waals surface area contributed by atoms with E-state index in [9.17, 15) is 28.8 Å². The van der Waals surface area contributed by atoms with Gasteiger partial charge in [0.25, 0.3) is 5.91 Å². The van der Waals surface area contributed by atoms with Gasteiger partial charge in [-0.15, -0.1) is 0 Å². The van der Waals surface area contributed by atoms with Crippen LogP contribution in [0, 0.1) is 23.2 Å². The highest BCUT2D eigenvalue weighted by Crippen LogP contribution is 2.65. The van der Waals surface area contributed by atoms with E-state index in [4.69, 9.17) is 40.7 Å². The van der Waals surface area contributed by atoms with E-state index in [1.165, 1.54) is 0 Å². The first-order chi connectivity index (χ1) is 28.5. The molecule has 62 heavy (non-hydrogen) atoms. The normalized spacial score (nSPS) is 24.5. The van der Waals surface area contributed by atoms with E-state index in [2.05, 4.69) is 45.7 Å². The maximum Gasteiger partial charge on any atom is 0.497 e. The summed E-state index contributed by atoms with van der Waals surface area (Å²) in [5.74, 6) is -2.24. The predicted octanol–water partition coefficient (Wildman–Crippen LogP) is 1.02. The molecule has 10 atom stereocenters. The highest BCUT2D eigenvalue weighted by Gasteiger charge is 2.68. The van der Waals surface area contributed by atoms with E-state index in [-0.39, 0.29) is 55.9 Å².